The summed E-state index contributed by atoms with van der Waals surface area (Å²) in [7, 11) is 0. The van der Waals surface area contributed by atoms with Gasteiger partial charge in [0.2, 0.25) is 0 Å². The predicted molar refractivity (Wildman–Crippen MR) is 78.3 cm³/mol. The quantitative estimate of drug-likeness (QED) is 0.834. The van der Waals surface area contributed by atoms with E-state index in [1.807, 2.05) is 25.1 Å². The van der Waals surface area contributed by atoms with Crippen molar-refractivity contribution in [2.24, 2.45) is 5.16 Å². The van der Waals surface area contributed by atoms with Crippen molar-refractivity contribution in [3.05, 3.63) is 37.3 Å². The number of benzene rings is 1. The molecule has 6 heteroatoms. The van der Waals surface area contributed by atoms with E-state index in [0.29, 0.717) is 13.2 Å². The number of hydrogen-bond acceptors (Lipinski definition) is 5. The van der Waals surface area contributed by atoms with Crippen LogP contribution in [0.15, 0.2) is 23.4 Å². The molecule has 115 valence electrons. The van der Waals surface area contributed by atoms with Crippen LogP contribution in [0, 0.1) is 13.5 Å². The van der Waals surface area contributed by atoms with Crippen LogP contribution in [0.1, 0.15) is 25.3 Å². The molecule has 2 aliphatic rings. The van der Waals surface area contributed by atoms with Crippen LogP contribution in [0.3, 0.4) is 0 Å². The van der Waals surface area contributed by atoms with E-state index in [1.165, 1.54) is 0 Å². The van der Waals surface area contributed by atoms with Crippen LogP contribution in [0.25, 0.3) is 0 Å². The molecule has 2 aliphatic heterocycles. The Morgan fingerprint density at radius 2 is 2.29 bits per heavy atom. The largest absolute Gasteiger partial charge is 0.520 e. The van der Waals surface area contributed by atoms with Crippen LogP contribution in [-0.2, 0) is 42.3 Å². The maximum Gasteiger partial charge on any atom is 0.168 e. The van der Waals surface area contributed by atoms with Gasteiger partial charge in [0, 0.05) is 51.3 Å². The fraction of sp³-hybridized carbons (Fsp3) is 0.467. The Kier molecular flexibility index (Phi) is 8.63. The number of hydrogen-bond donors (Lipinski definition) is 1. The first-order valence-electron chi connectivity index (χ1n) is 6.29. The zero-order chi connectivity index (χ0) is 12.4. The van der Waals surface area contributed by atoms with Crippen molar-refractivity contribution in [2.45, 2.75) is 25.4 Å². The fourth-order valence-electron chi connectivity index (χ4n) is 2.34. The molecule has 1 atom stereocenters. The SMILES string of the molecule is CCOc1[c-]ccc(C2=NOC3(CCOC3)C2)c1.N.[CH3-].[Y]. The molecule has 1 saturated heterocycles. The molecule has 2 heterocycles. The third kappa shape index (κ3) is 4.49. The van der Waals surface area contributed by atoms with Gasteiger partial charge in [-0.3, -0.25) is 0 Å². The van der Waals surface area contributed by atoms with Gasteiger partial charge < -0.3 is 27.9 Å². The Labute approximate surface area is 151 Å². The number of nitrogens with zero attached hydrogens (tertiary/aromatic N) is 1. The topological polar surface area (TPSA) is 75.0 Å². The minimum Gasteiger partial charge on any atom is -0.520 e. The third-order valence-corrected chi connectivity index (χ3v) is 3.31. The monoisotopic (exact) mass is 367 g/mol. The first kappa shape index (κ1) is 20.5. The van der Waals surface area contributed by atoms with E-state index >= 15 is 0 Å². The van der Waals surface area contributed by atoms with Crippen LogP contribution in [0.5, 0.6) is 5.75 Å². The van der Waals surface area contributed by atoms with Crippen molar-refractivity contribution < 1.29 is 47.0 Å². The normalized spacial score (nSPS) is 22.4. The molecule has 1 unspecified atom stereocenters. The van der Waals surface area contributed by atoms with Gasteiger partial charge >= 0.3 is 0 Å². The molecule has 0 amide bonds. The summed E-state index contributed by atoms with van der Waals surface area (Å²) in [6.07, 6.45) is 1.72. The van der Waals surface area contributed by atoms with Crippen molar-refractivity contribution in [2.75, 3.05) is 19.8 Å². The van der Waals surface area contributed by atoms with Crippen LogP contribution in [0.2, 0.25) is 0 Å². The van der Waals surface area contributed by atoms with E-state index in [2.05, 4.69) is 11.2 Å². The molecule has 1 aromatic carbocycles. The summed E-state index contributed by atoms with van der Waals surface area (Å²) in [5.74, 6) is 0.751. The second-order valence-electron chi connectivity index (χ2n) is 4.67. The van der Waals surface area contributed by atoms with Gasteiger partial charge in [0.1, 0.15) is 0 Å². The molecular formula is C15H22N2O3Y-2. The van der Waals surface area contributed by atoms with Crippen molar-refractivity contribution in [1.29, 1.82) is 0 Å². The van der Waals surface area contributed by atoms with Crippen LogP contribution in [0.4, 0.5) is 0 Å². The Balaban J connectivity index is 0.00000133. The van der Waals surface area contributed by atoms with Gasteiger partial charge in [0.05, 0.1) is 25.5 Å². The molecule has 5 nitrogen and oxygen atoms in total. The minimum atomic E-state index is -0.222. The van der Waals surface area contributed by atoms with E-state index in [0.717, 1.165) is 36.5 Å². The third-order valence-electron chi connectivity index (χ3n) is 3.31. The average molecular weight is 367 g/mol. The summed E-state index contributed by atoms with van der Waals surface area (Å²) >= 11 is 0. The fourth-order valence-corrected chi connectivity index (χ4v) is 2.34. The molecule has 3 rings (SSSR count). The average Bonchev–Trinajstić information content (AvgIpc) is 3.01. The molecule has 1 radical (unpaired) electrons. The number of rotatable bonds is 3. The van der Waals surface area contributed by atoms with Crippen molar-refractivity contribution in [3.63, 3.8) is 0 Å². The number of ether oxygens (including phenoxy) is 2. The predicted octanol–water partition coefficient (Wildman–Crippen LogP) is 2.78. The summed E-state index contributed by atoms with van der Waals surface area (Å²) in [4.78, 5) is 5.58. The van der Waals surface area contributed by atoms with Gasteiger partial charge in [-0.25, -0.2) is 0 Å². The van der Waals surface area contributed by atoms with E-state index in [1.54, 1.807) is 0 Å². The van der Waals surface area contributed by atoms with E-state index in [9.17, 15) is 0 Å². The minimum absolute atomic E-state index is 0. The molecule has 0 aliphatic carbocycles. The van der Waals surface area contributed by atoms with Gasteiger partial charge in [0.15, 0.2) is 5.60 Å². The standard InChI is InChI=1S/C14H16NO3.CH3.H3N.Y/c1-2-17-12-5-3-4-11(8-12)13-9-14(18-15-13)6-7-16-10-14;;;/h3-4,8H,2,6-7,9-10H2,1H3;2*1H3;/q2*-1;;. The molecule has 0 bridgehead atoms. The molecule has 1 spiro atoms. The number of oxime groups is 1. The van der Waals surface area contributed by atoms with Crippen LogP contribution in [-0.4, -0.2) is 31.1 Å². The molecule has 1 aromatic rings. The molecule has 3 N–H and O–H groups in total. The van der Waals surface area contributed by atoms with Crippen molar-refractivity contribution in [3.8, 4) is 5.75 Å². The second kappa shape index (κ2) is 8.84. The zero-order valence-electron chi connectivity index (χ0n) is 12.7. The second-order valence-corrected chi connectivity index (χ2v) is 4.67. The van der Waals surface area contributed by atoms with Crippen LogP contribution < -0.4 is 10.9 Å². The van der Waals surface area contributed by atoms with Gasteiger partial charge in [-0.15, -0.1) is 17.7 Å². The Bertz CT molecular complexity index is 474. The van der Waals surface area contributed by atoms with E-state index in [4.69, 9.17) is 14.3 Å². The Hall–Kier alpha value is -0.486. The van der Waals surface area contributed by atoms with Crippen molar-refractivity contribution >= 4 is 5.71 Å². The van der Waals surface area contributed by atoms with Gasteiger partial charge in [0.25, 0.3) is 0 Å². The van der Waals surface area contributed by atoms with Crippen LogP contribution >= 0.6 is 0 Å². The Morgan fingerprint density at radius 1 is 1.48 bits per heavy atom. The van der Waals surface area contributed by atoms with E-state index in [-0.39, 0.29) is 51.9 Å². The van der Waals surface area contributed by atoms with Gasteiger partial charge in [-0.05, 0) is 6.92 Å². The first-order valence-corrected chi connectivity index (χ1v) is 6.29. The molecule has 0 aromatic heterocycles. The molecule has 21 heavy (non-hydrogen) atoms. The molecule has 1 fully saturated rings. The summed E-state index contributed by atoms with van der Waals surface area (Å²) in [5.41, 5.74) is 1.79. The van der Waals surface area contributed by atoms with Crippen molar-refractivity contribution in [1.82, 2.24) is 6.15 Å². The summed E-state index contributed by atoms with van der Waals surface area (Å²) in [6.45, 7) is 4.00. The summed E-state index contributed by atoms with van der Waals surface area (Å²) in [6, 6.07) is 8.86. The molecular weight excluding hydrogens is 345 g/mol. The van der Waals surface area contributed by atoms with E-state index < -0.39 is 0 Å². The summed E-state index contributed by atoms with van der Waals surface area (Å²) in [5, 5.41) is 4.21. The molecule has 0 saturated carbocycles. The Morgan fingerprint density at radius 3 is 2.95 bits per heavy atom. The maximum absolute atomic E-state index is 5.58. The smallest absolute Gasteiger partial charge is 0.168 e. The van der Waals surface area contributed by atoms with Gasteiger partial charge in [-0.2, -0.15) is 12.1 Å². The maximum atomic E-state index is 5.58. The summed E-state index contributed by atoms with van der Waals surface area (Å²) < 4.78 is 10.8. The first-order chi connectivity index (χ1) is 8.81. The zero-order valence-corrected chi connectivity index (χ0v) is 15.6. The van der Waals surface area contributed by atoms with Gasteiger partial charge in [-0.1, -0.05) is 5.16 Å².